The molecule has 0 heterocycles. The lowest BCUT2D eigenvalue weighted by atomic mass is 9.64. The van der Waals surface area contributed by atoms with Gasteiger partial charge in [0, 0.05) is 5.41 Å². The molecule has 0 saturated heterocycles. The molecule has 1 aliphatic rings. The van der Waals surface area contributed by atoms with E-state index in [-0.39, 0.29) is 5.41 Å². The van der Waals surface area contributed by atoms with Gasteiger partial charge < -0.3 is 0 Å². The van der Waals surface area contributed by atoms with Gasteiger partial charge in [0.2, 0.25) is 0 Å². The minimum absolute atomic E-state index is 0.0490. The number of rotatable bonds is 4. The highest BCUT2D eigenvalue weighted by atomic mass is 14.4. The summed E-state index contributed by atoms with van der Waals surface area (Å²) in [6.45, 7) is 10.4. The molecule has 1 aliphatic carbocycles. The summed E-state index contributed by atoms with van der Waals surface area (Å²) in [4.78, 5) is 0. The minimum atomic E-state index is 0.0490. The quantitative estimate of drug-likeness (QED) is 0.459. The van der Waals surface area contributed by atoms with Gasteiger partial charge in [0.1, 0.15) is 0 Å². The summed E-state index contributed by atoms with van der Waals surface area (Å²) in [5.74, 6) is 2.77. The van der Waals surface area contributed by atoms with Crippen LogP contribution in [0.5, 0.6) is 0 Å². The van der Waals surface area contributed by atoms with Crippen molar-refractivity contribution in [2.24, 2.45) is 0 Å². The third-order valence-electron chi connectivity index (χ3n) is 5.26. The molecular weight excluding hydrogens is 276 g/mol. The lowest BCUT2D eigenvalue weighted by Gasteiger charge is -2.39. The number of terminal acetylenes is 1. The lowest BCUT2D eigenvalue weighted by Crippen LogP contribution is -2.31. The van der Waals surface area contributed by atoms with E-state index in [4.69, 9.17) is 6.42 Å². The van der Waals surface area contributed by atoms with E-state index < -0.39 is 0 Å². The van der Waals surface area contributed by atoms with Crippen LogP contribution in [0.4, 0.5) is 0 Å². The van der Waals surface area contributed by atoms with E-state index in [1.165, 1.54) is 59.9 Å². The van der Waals surface area contributed by atoms with Crippen molar-refractivity contribution in [1.29, 1.82) is 0 Å². The molecule has 1 fully saturated rings. The second-order valence-corrected chi connectivity index (χ2v) is 6.80. The largest absolute Gasteiger partial charge is 0.115 e. The fourth-order valence-corrected chi connectivity index (χ4v) is 3.65. The zero-order valence-corrected chi connectivity index (χ0v) is 14.8. The summed E-state index contributed by atoms with van der Waals surface area (Å²) >= 11 is 0. The van der Waals surface area contributed by atoms with Gasteiger partial charge in [-0.15, -0.1) is 6.42 Å². The molecule has 0 unspecified atom stereocenters. The predicted molar refractivity (Wildman–Crippen MR) is 102 cm³/mol. The topological polar surface area (TPSA) is 0 Å². The summed E-state index contributed by atoms with van der Waals surface area (Å²) in [6, 6.07) is 6.91. The van der Waals surface area contributed by atoms with E-state index in [9.17, 15) is 0 Å². The Morgan fingerprint density at radius 2 is 1.87 bits per heavy atom. The zero-order valence-electron chi connectivity index (χ0n) is 14.8. The molecule has 1 aromatic rings. The molecule has 0 aromatic heterocycles. The minimum Gasteiger partial charge on any atom is -0.115 e. The molecule has 0 bridgehead atoms. The Hall–Kier alpha value is -2.00. The van der Waals surface area contributed by atoms with Crippen LogP contribution in [-0.2, 0) is 5.41 Å². The van der Waals surface area contributed by atoms with Crippen LogP contribution < -0.4 is 0 Å². The van der Waals surface area contributed by atoms with Gasteiger partial charge in [0.15, 0.2) is 0 Å². The van der Waals surface area contributed by atoms with Gasteiger partial charge in [-0.05, 0) is 62.0 Å². The molecule has 0 amide bonds. The van der Waals surface area contributed by atoms with Crippen molar-refractivity contribution in [2.45, 2.75) is 58.3 Å². The third kappa shape index (κ3) is 3.67. The van der Waals surface area contributed by atoms with Crippen LogP contribution in [-0.4, -0.2) is 0 Å². The monoisotopic (exact) mass is 304 g/mol. The Labute approximate surface area is 142 Å². The van der Waals surface area contributed by atoms with Crippen LogP contribution in [0.25, 0.3) is 0 Å². The van der Waals surface area contributed by atoms with Gasteiger partial charge in [-0.2, -0.15) is 0 Å². The Bertz CT molecular complexity index is 670. The first-order valence-corrected chi connectivity index (χ1v) is 8.59. The first-order valence-electron chi connectivity index (χ1n) is 8.59. The van der Waals surface area contributed by atoms with Crippen molar-refractivity contribution < 1.29 is 0 Å². The Morgan fingerprint density at radius 1 is 1.17 bits per heavy atom. The van der Waals surface area contributed by atoms with Crippen LogP contribution in [0.3, 0.4) is 0 Å². The highest BCUT2D eigenvalue weighted by molar-refractivity contribution is 5.48. The van der Waals surface area contributed by atoms with E-state index in [1.807, 2.05) is 12.2 Å². The lowest BCUT2D eigenvalue weighted by molar-refractivity contribution is 0.345. The summed E-state index contributed by atoms with van der Waals surface area (Å²) in [7, 11) is 0. The van der Waals surface area contributed by atoms with E-state index in [0.717, 1.165) is 0 Å². The van der Waals surface area contributed by atoms with E-state index >= 15 is 0 Å². The summed E-state index contributed by atoms with van der Waals surface area (Å²) < 4.78 is 0. The maximum Gasteiger partial charge on any atom is 0.0209 e. The fraction of sp³-hybridized carbons (Fsp3) is 0.391. The molecule has 2 rings (SSSR count). The maximum absolute atomic E-state index is 5.66. The van der Waals surface area contributed by atoms with Crippen molar-refractivity contribution in [3.8, 4) is 12.3 Å². The second kappa shape index (κ2) is 7.51. The average molecular weight is 304 g/mol. The molecule has 0 nitrogen and oxygen atoms in total. The van der Waals surface area contributed by atoms with Crippen molar-refractivity contribution >= 4 is 0 Å². The van der Waals surface area contributed by atoms with Crippen LogP contribution in [0.1, 0.15) is 55.7 Å². The Kier molecular flexibility index (Phi) is 5.67. The van der Waals surface area contributed by atoms with Gasteiger partial charge in [0.05, 0.1) is 0 Å². The maximum atomic E-state index is 5.66. The van der Waals surface area contributed by atoms with Crippen molar-refractivity contribution in [3.63, 3.8) is 0 Å². The standard InChI is InChI=1S/C23H28/c1-6-11-21(16-18(3)7-2)23(14-9-8-10-15-23)22-13-12-19(4)20(5)17-22/h1,7,11-13,16-17H,2,8-10,14-15H2,3-5H3/b18-16-,21-11+. The fourth-order valence-electron chi connectivity index (χ4n) is 3.65. The zero-order chi connectivity index (χ0) is 16.9. The normalized spacial score (nSPS) is 18.3. The molecule has 1 aromatic carbocycles. The molecular formula is C23H28. The second-order valence-electron chi connectivity index (χ2n) is 6.80. The molecule has 0 radical (unpaired) electrons. The van der Waals surface area contributed by atoms with Crippen LogP contribution in [0, 0.1) is 26.2 Å². The molecule has 0 aliphatic heterocycles. The van der Waals surface area contributed by atoms with Gasteiger partial charge in [-0.1, -0.05) is 67.7 Å². The van der Waals surface area contributed by atoms with Crippen LogP contribution in [0.15, 0.2) is 54.2 Å². The predicted octanol–water partition coefficient (Wildman–Crippen LogP) is 6.20. The number of allylic oxidation sites excluding steroid dienone is 5. The summed E-state index contributed by atoms with van der Waals surface area (Å²) in [5.41, 5.74) is 6.60. The molecule has 0 atom stereocenters. The average Bonchev–Trinajstić information content (AvgIpc) is 2.57. The molecule has 120 valence electrons. The van der Waals surface area contributed by atoms with Gasteiger partial charge in [-0.25, -0.2) is 0 Å². The third-order valence-corrected chi connectivity index (χ3v) is 5.26. The van der Waals surface area contributed by atoms with Crippen LogP contribution in [0.2, 0.25) is 0 Å². The Morgan fingerprint density at radius 3 is 2.43 bits per heavy atom. The smallest absolute Gasteiger partial charge is 0.0209 e. The van der Waals surface area contributed by atoms with Crippen molar-refractivity contribution in [2.75, 3.05) is 0 Å². The number of benzene rings is 1. The molecule has 0 spiro atoms. The van der Waals surface area contributed by atoms with Crippen molar-refractivity contribution in [3.05, 3.63) is 70.8 Å². The van der Waals surface area contributed by atoms with E-state index in [1.54, 1.807) is 0 Å². The van der Waals surface area contributed by atoms with E-state index in [0.29, 0.717) is 0 Å². The SMILES string of the molecule is C#C/C=C(\C=C(\C)C=C)C1(c2ccc(C)c(C)c2)CCCCC1. The first-order chi connectivity index (χ1) is 11.0. The molecule has 0 N–H and O–H groups in total. The summed E-state index contributed by atoms with van der Waals surface area (Å²) in [5, 5.41) is 0. The van der Waals surface area contributed by atoms with Crippen LogP contribution >= 0.6 is 0 Å². The first kappa shape index (κ1) is 17.4. The molecule has 23 heavy (non-hydrogen) atoms. The van der Waals surface area contributed by atoms with Gasteiger partial charge >= 0.3 is 0 Å². The van der Waals surface area contributed by atoms with Gasteiger partial charge in [-0.3, -0.25) is 0 Å². The number of aryl methyl sites for hydroxylation is 2. The number of hydrogen-bond acceptors (Lipinski definition) is 0. The van der Waals surface area contributed by atoms with E-state index in [2.05, 4.69) is 57.5 Å². The highest BCUT2D eigenvalue weighted by Crippen LogP contribution is 2.46. The summed E-state index contributed by atoms with van der Waals surface area (Å²) in [6.07, 6.45) is 17.9. The Balaban J connectivity index is 2.62. The molecule has 1 saturated carbocycles. The highest BCUT2D eigenvalue weighted by Gasteiger charge is 2.36. The van der Waals surface area contributed by atoms with Gasteiger partial charge in [0.25, 0.3) is 0 Å². The molecule has 0 heteroatoms. The van der Waals surface area contributed by atoms with Crippen molar-refractivity contribution in [1.82, 2.24) is 0 Å². The number of hydrogen-bond donors (Lipinski definition) is 0.